The van der Waals surface area contributed by atoms with E-state index in [-0.39, 0.29) is 11.3 Å². The van der Waals surface area contributed by atoms with Crippen molar-refractivity contribution in [2.45, 2.75) is 32.6 Å². The van der Waals surface area contributed by atoms with Gasteiger partial charge in [-0.15, -0.1) is 11.6 Å². The molecule has 21 heavy (non-hydrogen) atoms. The fraction of sp³-hybridized carbons (Fsp3) is 0.353. The monoisotopic (exact) mass is 305 g/mol. The lowest BCUT2D eigenvalue weighted by atomic mass is 10.0. The van der Waals surface area contributed by atoms with Gasteiger partial charge in [-0.25, -0.2) is 0 Å². The van der Waals surface area contributed by atoms with E-state index in [4.69, 9.17) is 16.0 Å². The van der Waals surface area contributed by atoms with Crippen LogP contribution in [0.5, 0.6) is 0 Å². The highest BCUT2D eigenvalue weighted by atomic mass is 35.5. The Morgan fingerprint density at radius 2 is 2.00 bits per heavy atom. The standard InChI is InChI=1S/C17H20ClNO2/c1-11-4-5-14(10-12(11)2)8-9-19-17(20)16-7-6-15(21-16)13(3)18/h4-7,10,13H,8-9H2,1-3H3,(H,19,20). The summed E-state index contributed by atoms with van der Waals surface area (Å²) in [6.07, 6.45) is 0.798. The average Bonchev–Trinajstić information content (AvgIpc) is 2.92. The number of halogens is 1. The van der Waals surface area contributed by atoms with Crippen molar-refractivity contribution in [3.8, 4) is 0 Å². The minimum atomic E-state index is -0.234. The van der Waals surface area contributed by atoms with Gasteiger partial charge in [-0.3, -0.25) is 4.79 Å². The predicted octanol–water partition coefficient (Wildman–Crippen LogP) is 4.17. The number of carbonyl (C=O) groups excluding carboxylic acids is 1. The van der Waals surface area contributed by atoms with Crippen molar-refractivity contribution >= 4 is 17.5 Å². The molecule has 1 unspecified atom stereocenters. The highest BCUT2D eigenvalue weighted by Gasteiger charge is 2.13. The molecule has 1 aromatic carbocycles. The number of carbonyl (C=O) groups is 1. The van der Waals surface area contributed by atoms with Crippen molar-refractivity contribution in [1.82, 2.24) is 5.32 Å². The minimum absolute atomic E-state index is 0.206. The average molecular weight is 306 g/mol. The maximum atomic E-state index is 11.9. The second-order valence-electron chi connectivity index (χ2n) is 5.24. The summed E-state index contributed by atoms with van der Waals surface area (Å²) in [4.78, 5) is 11.9. The van der Waals surface area contributed by atoms with Gasteiger partial charge in [-0.05, 0) is 56.0 Å². The highest BCUT2D eigenvalue weighted by Crippen LogP contribution is 2.21. The number of hydrogen-bond donors (Lipinski definition) is 1. The van der Waals surface area contributed by atoms with Crippen LogP contribution < -0.4 is 5.32 Å². The van der Waals surface area contributed by atoms with E-state index in [0.29, 0.717) is 18.1 Å². The molecule has 0 fully saturated rings. The van der Waals surface area contributed by atoms with Gasteiger partial charge >= 0.3 is 0 Å². The van der Waals surface area contributed by atoms with Crippen LogP contribution >= 0.6 is 11.6 Å². The van der Waals surface area contributed by atoms with Gasteiger partial charge in [0.25, 0.3) is 5.91 Å². The van der Waals surface area contributed by atoms with Gasteiger partial charge in [0.2, 0.25) is 0 Å². The third kappa shape index (κ3) is 4.11. The summed E-state index contributed by atoms with van der Waals surface area (Å²) in [5.74, 6) is 0.705. The third-order valence-corrected chi connectivity index (χ3v) is 3.73. The van der Waals surface area contributed by atoms with Gasteiger partial charge < -0.3 is 9.73 Å². The Balaban J connectivity index is 1.87. The Bertz CT molecular complexity index is 631. The number of rotatable bonds is 5. The van der Waals surface area contributed by atoms with Gasteiger partial charge in [0.15, 0.2) is 5.76 Å². The fourth-order valence-corrected chi connectivity index (χ4v) is 2.17. The molecule has 0 saturated heterocycles. The number of amides is 1. The zero-order chi connectivity index (χ0) is 15.4. The van der Waals surface area contributed by atoms with E-state index in [1.54, 1.807) is 12.1 Å². The van der Waals surface area contributed by atoms with Gasteiger partial charge in [0, 0.05) is 6.54 Å². The molecule has 1 aromatic heterocycles. The molecule has 2 rings (SSSR count). The summed E-state index contributed by atoms with van der Waals surface area (Å²) >= 11 is 5.91. The maximum absolute atomic E-state index is 11.9. The molecular weight excluding hydrogens is 286 g/mol. The topological polar surface area (TPSA) is 42.2 Å². The first-order valence-corrected chi connectivity index (χ1v) is 7.49. The van der Waals surface area contributed by atoms with Crippen LogP contribution in [-0.4, -0.2) is 12.5 Å². The largest absolute Gasteiger partial charge is 0.454 e. The number of aryl methyl sites for hydroxylation is 2. The van der Waals surface area contributed by atoms with Crippen LogP contribution in [0.4, 0.5) is 0 Å². The molecule has 0 aliphatic heterocycles. The second kappa shape index (κ2) is 6.81. The molecule has 0 aliphatic carbocycles. The summed E-state index contributed by atoms with van der Waals surface area (Å²) in [7, 11) is 0. The van der Waals surface area contributed by atoms with Crippen molar-refractivity contribution in [3.05, 3.63) is 58.5 Å². The minimum Gasteiger partial charge on any atom is -0.454 e. The van der Waals surface area contributed by atoms with Crippen LogP contribution in [-0.2, 0) is 6.42 Å². The Labute approximate surface area is 130 Å². The Morgan fingerprint density at radius 1 is 1.24 bits per heavy atom. The summed E-state index contributed by atoms with van der Waals surface area (Å²) in [6.45, 7) is 6.57. The van der Waals surface area contributed by atoms with E-state index < -0.39 is 0 Å². The zero-order valence-electron chi connectivity index (χ0n) is 12.6. The molecule has 1 atom stereocenters. The van der Waals surface area contributed by atoms with Crippen molar-refractivity contribution in [1.29, 1.82) is 0 Å². The molecule has 0 radical (unpaired) electrons. The lowest BCUT2D eigenvalue weighted by Gasteiger charge is -2.06. The van der Waals surface area contributed by atoms with E-state index in [0.717, 1.165) is 6.42 Å². The van der Waals surface area contributed by atoms with E-state index in [1.807, 2.05) is 6.92 Å². The number of alkyl halides is 1. The van der Waals surface area contributed by atoms with Gasteiger partial charge in [0.05, 0.1) is 5.38 Å². The van der Waals surface area contributed by atoms with Crippen molar-refractivity contribution < 1.29 is 9.21 Å². The molecule has 0 saturated carbocycles. The van der Waals surface area contributed by atoms with E-state index >= 15 is 0 Å². The van der Waals surface area contributed by atoms with Gasteiger partial charge in [-0.1, -0.05) is 18.2 Å². The normalized spacial score (nSPS) is 12.2. The van der Waals surface area contributed by atoms with E-state index in [2.05, 4.69) is 37.4 Å². The molecule has 0 bridgehead atoms. The third-order valence-electron chi connectivity index (χ3n) is 3.51. The van der Waals surface area contributed by atoms with Crippen LogP contribution in [0.2, 0.25) is 0 Å². The Kier molecular flexibility index (Phi) is 5.07. The van der Waals surface area contributed by atoms with Crippen LogP contribution in [0.1, 0.15) is 45.3 Å². The molecular formula is C17H20ClNO2. The van der Waals surface area contributed by atoms with Crippen LogP contribution in [0, 0.1) is 13.8 Å². The number of nitrogens with one attached hydrogen (secondary N) is 1. The molecule has 3 nitrogen and oxygen atoms in total. The van der Waals surface area contributed by atoms with E-state index in [9.17, 15) is 4.79 Å². The first kappa shape index (κ1) is 15.6. The lowest BCUT2D eigenvalue weighted by molar-refractivity contribution is 0.0924. The fourth-order valence-electron chi connectivity index (χ4n) is 2.06. The molecule has 0 aliphatic rings. The molecule has 112 valence electrons. The van der Waals surface area contributed by atoms with Crippen molar-refractivity contribution in [2.24, 2.45) is 0 Å². The zero-order valence-corrected chi connectivity index (χ0v) is 13.3. The van der Waals surface area contributed by atoms with Crippen LogP contribution in [0.3, 0.4) is 0 Å². The quantitative estimate of drug-likeness (QED) is 0.842. The van der Waals surface area contributed by atoms with Crippen LogP contribution in [0.25, 0.3) is 0 Å². The second-order valence-corrected chi connectivity index (χ2v) is 5.90. The number of hydrogen-bond acceptors (Lipinski definition) is 2. The van der Waals surface area contributed by atoms with Gasteiger partial charge in [0.1, 0.15) is 5.76 Å². The van der Waals surface area contributed by atoms with Gasteiger partial charge in [-0.2, -0.15) is 0 Å². The van der Waals surface area contributed by atoms with Crippen molar-refractivity contribution in [3.63, 3.8) is 0 Å². The first-order chi connectivity index (χ1) is 9.97. The molecule has 0 spiro atoms. The SMILES string of the molecule is Cc1ccc(CCNC(=O)c2ccc(C(C)Cl)o2)cc1C. The van der Waals surface area contributed by atoms with E-state index in [1.165, 1.54) is 16.7 Å². The Morgan fingerprint density at radius 3 is 2.62 bits per heavy atom. The highest BCUT2D eigenvalue weighted by molar-refractivity contribution is 6.20. The van der Waals surface area contributed by atoms with Crippen LogP contribution in [0.15, 0.2) is 34.7 Å². The molecule has 1 heterocycles. The lowest BCUT2D eigenvalue weighted by Crippen LogP contribution is -2.25. The Hall–Kier alpha value is -1.74. The maximum Gasteiger partial charge on any atom is 0.287 e. The number of furan rings is 1. The summed E-state index contributed by atoms with van der Waals surface area (Å²) in [6, 6.07) is 9.74. The smallest absolute Gasteiger partial charge is 0.287 e. The summed E-state index contributed by atoms with van der Waals surface area (Å²) < 4.78 is 5.40. The van der Waals surface area contributed by atoms with Crippen molar-refractivity contribution in [2.75, 3.05) is 6.54 Å². The first-order valence-electron chi connectivity index (χ1n) is 7.05. The predicted molar refractivity (Wildman–Crippen MR) is 84.9 cm³/mol. The summed E-state index contributed by atoms with van der Waals surface area (Å²) in [5.41, 5.74) is 3.76. The molecule has 4 heteroatoms. The number of benzene rings is 1. The molecule has 1 N–H and O–H groups in total. The summed E-state index contributed by atoms with van der Waals surface area (Å²) in [5, 5.41) is 2.62. The molecule has 1 amide bonds. The molecule has 2 aromatic rings.